The van der Waals surface area contributed by atoms with Crippen LogP contribution in [0.4, 0.5) is 5.69 Å². The highest BCUT2D eigenvalue weighted by molar-refractivity contribution is 5.89. The normalized spacial score (nSPS) is 28.4. The molecule has 1 aromatic carbocycles. The third kappa shape index (κ3) is 1.19. The zero-order valence-corrected chi connectivity index (χ0v) is 8.30. The molecule has 0 saturated carbocycles. The first-order chi connectivity index (χ1) is 7.27. The molecule has 2 aliphatic rings. The van der Waals surface area contributed by atoms with Crippen LogP contribution in [0.15, 0.2) is 29.3 Å². The van der Waals surface area contributed by atoms with Crippen molar-refractivity contribution in [2.24, 2.45) is 10.7 Å². The van der Waals surface area contributed by atoms with Crippen LogP contribution in [0.3, 0.4) is 0 Å². The lowest BCUT2D eigenvalue weighted by Gasteiger charge is -2.33. The van der Waals surface area contributed by atoms with E-state index in [-0.39, 0.29) is 6.17 Å². The summed E-state index contributed by atoms with van der Waals surface area (Å²) in [5, 5.41) is 9.79. The molecule has 1 aromatic rings. The van der Waals surface area contributed by atoms with E-state index in [2.05, 4.69) is 4.99 Å². The van der Waals surface area contributed by atoms with Crippen molar-refractivity contribution in [3.8, 4) is 0 Å². The van der Waals surface area contributed by atoms with Crippen LogP contribution >= 0.6 is 0 Å². The van der Waals surface area contributed by atoms with E-state index in [4.69, 9.17) is 5.73 Å². The minimum atomic E-state index is -0.480. The molecule has 1 saturated heterocycles. The highest BCUT2D eigenvalue weighted by atomic mass is 16.3. The van der Waals surface area contributed by atoms with Crippen molar-refractivity contribution < 1.29 is 5.11 Å². The molecule has 78 valence electrons. The Morgan fingerprint density at radius 3 is 3.07 bits per heavy atom. The lowest BCUT2D eigenvalue weighted by molar-refractivity contribution is 0.0419. The lowest BCUT2D eigenvalue weighted by Crippen LogP contribution is -2.42. The Hall–Kier alpha value is -1.39. The Morgan fingerprint density at radius 1 is 1.40 bits per heavy atom. The van der Waals surface area contributed by atoms with E-state index in [9.17, 15) is 5.11 Å². The van der Waals surface area contributed by atoms with E-state index >= 15 is 0 Å². The van der Waals surface area contributed by atoms with Crippen molar-refractivity contribution in [1.29, 1.82) is 0 Å². The molecule has 2 atom stereocenters. The van der Waals surface area contributed by atoms with E-state index in [1.165, 1.54) is 0 Å². The number of hydrogen-bond donors (Lipinski definition) is 2. The first kappa shape index (κ1) is 8.88. The van der Waals surface area contributed by atoms with Gasteiger partial charge in [-0.15, -0.1) is 0 Å². The summed E-state index contributed by atoms with van der Waals surface area (Å²) < 4.78 is 0. The van der Waals surface area contributed by atoms with Gasteiger partial charge in [0, 0.05) is 12.0 Å². The zero-order valence-electron chi connectivity index (χ0n) is 8.30. The van der Waals surface area contributed by atoms with Crippen molar-refractivity contribution in [1.82, 2.24) is 4.90 Å². The van der Waals surface area contributed by atoms with Gasteiger partial charge in [-0.25, -0.2) is 4.99 Å². The number of para-hydroxylation sites is 1. The van der Waals surface area contributed by atoms with Gasteiger partial charge in [0.05, 0.1) is 5.69 Å². The predicted molar refractivity (Wildman–Crippen MR) is 57.5 cm³/mol. The number of benzene rings is 1. The Morgan fingerprint density at radius 2 is 2.20 bits per heavy atom. The fourth-order valence-corrected chi connectivity index (χ4v) is 2.29. The predicted octanol–water partition coefficient (Wildman–Crippen LogP) is 1.10. The molecule has 3 rings (SSSR count). The molecule has 0 aliphatic carbocycles. The molecule has 4 nitrogen and oxygen atoms in total. The van der Waals surface area contributed by atoms with Gasteiger partial charge in [-0.3, -0.25) is 0 Å². The molecule has 15 heavy (non-hydrogen) atoms. The maximum absolute atomic E-state index is 9.79. The van der Waals surface area contributed by atoms with Crippen molar-refractivity contribution in [3.05, 3.63) is 29.8 Å². The topological polar surface area (TPSA) is 61.9 Å². The maximum atomic E-state index is 9.79. The standard InChI is InChI=1S/C11H13N3O/c12-11-7-3-1-2-4-8(7)13-9-5-6-10(15)14(9)11/h1-4,10-11,15H,5-6,12H2. The van der Waals surface area contributed by atoms with E-state index in [1.807, 2.05) is 29.2 Å². The molecule has 0 radical (unpaired) electrons. The summed E-state index contributed by atoms with van der Waals surface area (Å²) in [5.74, 6) is 0.911. The Bertz CT molecular complexity index is 430. The molecule has 1 fully saturated rings. The maximum Gasteiger partial charge on any atom is 0.129 e. The number of amidine groups is 1. The smallest absolute Gasteiger partial charge is 0.129 e. The molecule has 0 amide bonds. The summed E-state index contributed by atoms with van der Waals surface area (Å²) >= 11 is 0. The summed E-state index contributed by atoms with van der Waals surface area (Å²) in [7, 11) is 0. The second-order valence-corrected chi connectivity index (χ2v) is 3.96. The number of aliphatic hydroxyl groups excluding tert-OH is 1. The van der Waals surface area contributed by atoms with E-state index < -0.39 is 6.23 Å². The van der Waals surface area contributed by atoms with Gasteiger partial charge in [-0.2, -0.15) is 0 Å². The monoisotopic (exact) mass is 203 g/mol. The van der Waals surface area contributed by atoms with Crippen molar-refractivity contribution in [2.75, 3.05) is 0 Å². The third-order valence-electron chi connectivity index (χ3n) is 3.05. The first-order valence-corrected chi connectivity index (χ1v) is 5.16. The highest BCUT2D eigenvalue weighted by Gasteiger charge is 2.36. The molecule has 4 heteroatoms. The minimum Gasteiger partial charge on any atom is -0.373 e. The van der Waals surface area contributed by atoms with Crippen LogP contribution in [0.1, 0.15) is 24.6 Å². The van der Waals surface area contributed by atoms with Crippen molar-refractivity contribution in [3.63, 3.8) is 0 Å². The van der Waals surface area contributed by atoms with Crippen LogP contribution < -0.4 is 5.73 Å². The van der Waals surface area contributed by atoms with Gasteiger partial charge in [0.25, 0.3) is 0 Å². The Balaban J connectivity index is 2.13. The average Bonchev–Trinajstić information content (AvgIpc) is 2.61. The van der Waals surface area contributed by atoms with Gasteiger partial charge in [0.2, 0.25) is 0 Å². The summed E-state index contributed by atoms with van der Waals surface area (Å²) in [5.41, 5.74) is 8.03. The quantitative estimate of drug-likeness (QED) is 0.663. The SMILES string of the molecule is NC1c2ccccc2N=C2CCC(O)N21. The van der Waals surface area contributed by atoms with Crippen LogP contribution in [0, 0.1) is 0 Å². The van der Waals surface area contributed by atoms with Crippen LogP contribution in [0.2, 0.25) is 0 Å². The summed E-state index contributed by atoms with van der Waals surface area (Å²) in [6.45, 7) is 0. The van der Waals surface area contributed by atoms with E-state index in [0.717, 1.165) is 29.9 Å². The van der Waals surface area contributed by atoms with Crippen LogP contribution in [-0.4, -0.2) is 22.1 Å². The molecule has 0 bridgehead atoms. The van der Waals surface area contributed by atoms with Gasteiger partial charge < -0.3 is 15.7 Å². The fraction of sp³-hybridized carbons (Fsp3) is 0.364. The molecule has 2 heterocycles. The summed E-state index contributed by atoms with van der Waals surface area (Å²) in [6.07, 6.45) is 0.794. The fourth-order valence-electron chi connectivity index (χ4n) is 2.29. The number of aliphatic imine (C=N–C) groups is 1. The molecule has 2 unspecified atom stereocenters. The minimum absolute atomic E-state index is 0.258. The zero-order chi connectivity index (χ0) is 10.4. The number of nitrogens with zero attached hydrogens (tertiary/aromatic N) is 2. The van der Waals surface area contributed by atoms with Crippen LogP contribution in [-0.2, 0) is 0 Å². The van der Waals surface area contributed by atoms with Gasteiger partial charge in [0.15, 0.2) is 0 Å². The van der Waals surface area contributed by atoms with Crippen LogP contribution in [0.5, 0.6) is 0 Å². The van der Waals surface area contributed by atoms with Crippen LogP contribution in [0.25, 0.3) is 0 Å². The summed E-state index contributed by atoms with van der Waals surface area (Å²) in [6, 6.07) is 7.83. The molecular formula is C11H13N3O. The highest BCUT2D eigenvalue weighted by Crippen LogP contribution is 2.36. The molecule has 0 aromatic heterocycles. The Labute approximate surface area is 88.0 Å². The second-order valence-electron chi connectivity index (χ2n) is 3.96. The first-order valence-electron chi connectivity index (χ1n) is 5.16. The molecule has 0 spiro atoms. The largest absolute Gasteiger partial charge is 0.373 e. The average molecular weight is 203 g/mol. The van der Waals surface area contributed by atoms with Gasteiger partial charge in [0.1, 0.15) is 18.2 Å². The van der Waals surface area contributed by atoms with Crippen molar-refractivity contribution >= 4 is 11.5 Å². The van der Waals surface area contributed by atoms with E-state index in [0.29, 0.717) is 0 Å². The van der Waals surface area contributed by atoms with Gasteiger partial charge >= 0.3 is 0 Å². The number of fused-ring (bicyclic) bond motifs is 2. The lowest BCUT2D eigenvalue weighted by atomic mass is 10.1. The summed E-state index contributed by atoms with van der Waals surface area (Å²) in [4.78, 5) is 6.32. The molecule has 2 aliphatic heterocycles. The molecular weight excluding hydrogens is 190 g/mol. The molecule has 3 N–H and O–H groups in total. The van der Waals surface area contributed by atoms with Crippen molar-refractivity contribution in [2.45, 2.75) is 25.2 Å². The third-order valence-corrected chi connectivity index (χ3v) is 3.05. The van der Waals surface area contributed by atoms with Gasteiger partial charge in [-0.05, 0) is 12.5 Å². The number of nitrogens with two attached hydrogens (primary N) is 1. The Kier molecular flexibility index (Phi) is 1.81. The van der Waals surface area contributed by atoms with E-state index in [1.54, 1.807) is 0 Å². The number of aliphatic hydroxyl groups is 1. The number of rotatable bonds is 0. The second kappa shape index (κ2) is 3.05. The number of hydrogen-bond acceptors (Lipinski definition) is 4. The van der Waals surface area contributed by atoms with Gasteiger partial charge in [-0.1, -0.05) is 18.2 Å².